The standard InChI is InChI=1S/C20H25ClN4O4S2/c1-14-7-8-15(11-17(14)31(28,29)24-9-5-3-4-6-10-24)23-18(26)13-25-20(27)19(30-2)16(21)12-22-25/h7-8,11-12H,3-6,9-10,13H2,1-2H3,(H,23,26). The Balaban J connectivity index is 1.80. The molecule has 1 aliphatic heterocycles. The topological polar surface area (TPSA) is 101 Å². The number of nitrogens with one attached hydrogen (secondary N) is 1. The molecule has 0 atom stereocenters. The van der Waals surface area contributed by atoms with Crippen LogP contribution in [0, 0.1) is 6.92 Å². The van der Waals surface area contributed by atoms with E-state index in [2.05, 4.69) is 10.4 Å². The molecule has 168 valence electrons. The van der Waals surface area contributed by atoms with Crippen LogP contribution in [0.1, 0.15) is 31.2 Å². The first-order valence-electron chi connectivity index (χ1n) is 9.94. The quantitative estimate of drug-likeness (QED) is 0.632. The molecule has 0 radical (unpaired) electrons. The third-order valence-corrected chi connectivity index (χ3v) is 8.35. The number of anilines is 1. The molecule has 8 nitrogen and oxygen atoms in total. The fourth-order valence-electron chi connectivity index (χ4n) is 3.46. The van der Waals surface area contributed by atoms with E-state index in [0.717, 1.165) is 30.4 Å². The van der Waals surface area contributed by atoms with Crippen LogP contribution in [0.5, 0.6) is 0 Å². The van der Waals surface area contributed by atoms with Crippen LogP contribution >= 0.6 is 23.4 Å². The van der Waals surface area contributed by atoms with E-state index in [1.165, 1.54) is 28.3 Å². The third-order valence-electron chi connectivity index (χ3n) is 5.11. The SMILES string of the molecule is CSc1c(Cl)cnn(CC(=O)Nc2ccc(C)c(S(=O)(=O)N3CCCCCC3)c2)c1=O. The van der Waals surface area contributed by atoms with Gasteiger partial charge in [0, 0.05) is 18.8 Å². The van der Waals surface area contributed by atoms with E-state index in [1.807, 2.05) is 0 Å². The van der Waals surface area contributed by atoms with Crippen molar-refractivity contribution in [3.8, 4) is 0 Å². The van der Waals surface area contributed by atoms with Gasteiger partial charge in [0.15, 0.2) is 0 Å². The molecule has 0 unspecified atom stereocenters. The zero-order chi connectivity index (χ0) is 22.6. The lowest BCUT2D eigenvalue weighted by Crippen LogP contribution is -2.32. The Labute approximate surface area is 191 Å². The van der Waals surface area contributed by atoms with Crippen LogP contribution in [-0.2, 0) is 21.4 Å². The molecule has 31 heavy (non-hydrogen) atoms. The van der Waals surface area contributed by atoms with Crippen molar-refractivity contribution < 1.29 is 13.2 Å². The summed E-state index contributed by atoms with van der Waals surface area (Å²) in [6, 6.07) is 4.78. The van der Waals surface area contributed by atoms with Gasteiger partial charge in [0.2, 0.25) is 15.9 Å². The Morgan fingerprint density at radius 1 is 1.23 bits per heavy atom. The predicted octanol–water partition coefficient (Wildman–Crippen LogP) is 3.13. The lowest BCUT2D eigenvalue weighted by molar-refractivity contribution is -0.117. The van der Waals surface area contributed by atoms with Gasteiger partial charge in [-0.15, -0.1) is 11.8 Å². The van der Waals surface area contributed by atoms with Crippen molar-refractivity contribution in [2.45, 2.75) is 48.9 Å². The van der Waals surface area contributed by atoms with Gasteiger partial charge >= 0.3 is 0 Å². The lowest BCUT2D eigenvalue weighted by Gasteiger charge is -2.21. The molecule has 1 N–H and O–H groups in total. The molecule has 1 amide bonds. The minimum Gasteiger partial charge on any atom is -0.324 e. The van der Waals surface area contributed by atoms with Crippen LogP contribution in [0.15, 0.2) is 39.0 Å². The Morgan fingerprint density at radius 2 is 1.90 bits per heavy atom. The van der Waals surface area contributed by atoms with Crippen LogP contribution in [-0.4, -0.2) is 47.8 Å². The maximum Gasteiger partial charge on any atom is 0.282 e. The number of benzene rings is 1. The number of hydrogen-bond donors (Lipinski definition) is 1. The second kappa shape index (κ2) is 10.2. The van der Waals surface area contributed by atoms with Gasteiger partial charge in [-0.1, -0.05) is 30.5 Å². The normalized spacial score (nSPS) is 15.5. The maximum atomic E-state index is 13.2. The average molecular weight is 485 g/mol. The molecule has 0 bridgehead atoms. The number of amides is 1. The number of hydrogen-bond acceptors (Lipinski definition) is 6. The van der Waals surface area contributed by atoms with Gasteiger partial charge in [-0.3, -0.25) is 9.59 Å². The zero-order valence-electron chi connectivity index (χ0n) is 17.4. The first-order chi connectivity index (χ1) is 14.7. The molecular weight excluding hydrogens is 460 g/mol. The number of sulfonamides is 1. The maximum absolute atomic E-state index is 13.2. The smallest absolute Gasteiger partial charge is 0.282 e. The molecule has 3 rings (SSSR count). The Morgan fingerprint density at radius 3 is 2.55 bits per heavy atom. The first kappa shape index (κ1) is 23.8. The van der Waals surface area contributed by atoms with Crippen molar-refractivity contribution in [3.63, 3.8) is 0 Å². The summed E-state index contributed by atoms with van der Waals surface area (Å²) in [4.78, 5) is 25.4. The minimum atomic E-state index is -3.66. The number of nitrogens with zero attached hydrogens (tertiary/aromatic N) is 3. The van der Waals surface area contributed by atoms with Crippen LogP contribution in [0.4, 0.5) is 5.69 Å². The van der Waals surface area contributed by atoms with Gasteiger partial charge in [0.1, 0.15) is 6.54 Å². The summed E-state index contributed by atoms with van der Waals surface area (Å²) in [5, 5.41) is 6.80. The third kappa shape index (κ3) is 5.49. The summed E-state index contributed by atoms with van der Waals surface area (Å²) in [5.41, 5.74) is 0.502. The van der Waals surface area contributed by atoms with E-state index in [0.29, 0.717) is 29.2 Å². The van der Waals surface area contributed by atoms with Crippen molar-refractivity contribution in [2.24, 2.45) is 0 Å². The number of carbonyl (C=O) groups excluding carboxylic acids is 1. The van der Waals surface area contributed by atoms with Gasteiger partial charge in [-0.25, -0.2) is 13.1 Å². The molecule has 2 heterocycles. The molecule has 1 aromatic heterocycles. The summed E-state index contributed by atoms with van der Waals surface area (Å²) in [6.07, 6.45) is 6.77. The van der Waals surface area contributed by atoms with E-state index in [4.69, 9.17) is 11.6 Å². The van der Waals surface area contributed by atoms with Crippen molar-refractivity contribution in [3.05, 3.63) is 45.3 Å². The molecule has 1 fully saturated rings. The molecular formula is C20H25ClN4O4S2. The highest BCUT2D eigenvalue weighted by molar-refractivity contribution is 7.98. The predicted molar refractivity (Wildman–Crippen MR) is 122 cm³/mol. The second-order valence-electron chi connectivity index (χ2n) is 7.34. The van der Waals surface area contributed by atoms with Gasteiger partial charge in [-0.05, 0) is 43.7 Å². The minimum absolute atomic E-state index is 0.179. The van der Waals surface area contributed by atoms with Gasteiger partial charge in [0.25, 0.3) is 5.56 Å². The van der Waals surface area contributed by atoms with E-state index < -0.39 is 21.5 Å². The number of aromatic nitrogens is 2. The second-order valence-corrected chi connectivity index (χ2v) is 10.5. The fourth-order valence-corrected chi connectivity index (χ4v) is 6.11. The van der Waals surface area contributed by atoms with Crippen LogP contribution in [0.25, 0.3) is 0 Å². The van der Waals surface area contributed by atoms with E-state index in [9.17, 15) is 18.0 Å². The largest absolute Gasteiger partial charge is 0.324 e. The van der Waals surface area contributed by atoms with Crippen LogP contribution < -0.4 is 10.9 Å². The summed E-state index contributed by atoms with van der Waals surface area (Å²) >= 11 is 7.14. The highest BCUT2D eigenvalue weighted by atomic mass is 35.5. The van der Waals surface area contributed by atoms with Crippen LogP contribution in [0.2, 0.25) is 5.02 Å². The van der Waals surface area contributed by atoms with Gasteiger partial charge < -0.3 is 5.32 Å². The number of halogens is 1. The van der Waals surface area contributed by atoms with Crippen molar-refractivity contribution in [1.29, 1.82) is 0 Å². The molecule has 2 aromatic rings. The summed E-state index contributed by atoms with van der Waals surface area (Å²) in [7, 11) is -3.66. The average Bonchev–Trinajstić information content (AvgIpc) is 3.02. The molecule has 1 saturated heterocycles. The molecule has 11 heteroatoms. The van der Waals surface area contributed by atoms with Crippen molar-refractivity contribution in [1.82, 2.24) is 14.1 Å². The zero-order valence-corrected chi connectivity index (χ0v) is 19.8. The van der Waals surface area contributed by atoms with E-state index >= 15 is 0 Å². The van der Waals surface area contributed by atoms with Crippen LogP contribution in [0.3, 0.4) is 0 Å². The summed E-state index contributed by atoms with van der Waals surface area (Å²) < 4.78 is 28.9. The summed E-state index contributed by atoms with van der Waals surface area (Å²) in [6.45, 7) is 2.42. The highest BCUT2D eigenvalue weighted by Gasteiger charge is 2.27. The van der Waals surface area contributed by atoms with Crippen molar-refractivity contribution in [2.75, 3.05) is 24.7 Å². The molecule has 1 aliphatic rings. The molecule has 0 spiro atoms. The lowest BCUT2D eigenvalue weighted by atomic mass is 10.2. The fraction of sp³-hybridized carbons (Fsp3) is 0.450. The Bertz CT molecular complexity index is 1130. The van der Waals surface area contributed by atoms with E-state index in [-0.39, 0.29) is 16.5 Å². The first-order valence-corrected chi connectivity index (χ1v) is 13.0. The number of carbonyl (C=O) groups is 1. The number of rotatable bonds is 6. The molecule has 1 aromatic carbocycles. The molecule has 0 aliphatic carbocycles. The summed E-state index contributed by atoms with van der Waals surface area (Å²) in [5.74, 6) is -0.494. The number of aryl methyl sites for hydroxylation is 1. The van der Waals surface area contributed by atoms with Gasteiger partial charge in [-0.2, -0.15) is 9.40 Å². The van der Waals surface area contributed by atoms with Gasteiger partial charge in [0.05, 0.1) is 21.0 Å². The molecule has 0 saturated carbocycles. The van der Waals surface area contributed by atoms with E-state index in [1.54, 1.807) is 25.3 Å². The highest BCUT2D eigenvalue weighted by Crippen LogP contribution is 2.26. The number of thioether (sulfide) groups is 1. The Hall–Kier alpha value is -1.88. The van der Waals surface area contributed by atoms with Crippen molar-refractivity contribution >= 4 is 45.0 Å². The Kier molecular flexibility index (Phi) is 7.79. The monoisotopic (exact) mass is 484 g/mol.